The van der Waals surface area contributed by atoms with E-state index in [9.17, 15) is 9.50 Å². The van der Waals surface area contributed by atoms with Gasteiger partial charge in [-0.2, -0.15) is 0 Å². The molecule has 19 heavy (non-hydrogen) atoms. The predicted octanol–water partition coefficient (Wildman–Crippen LogP) is 3.42. The number of aryl methyl sites for hydroxylation is 1. The molecular formula is C16H17FO2. The van der Waals surface area contributed by atoms with Gasteiger partial charge in [-0.15, -0.1) is 0 Å². The van der Waals surface area contributed by atoms with E-state index in [1.807, 2.05) is 30.3 Å². The van der Waals surface area contributed by atoms with Gasteiger partial charge in [0.05, 0.1) is 0 Å². The van der Waals surface area contributed by atoms with E-state index < -0.39 is 5.60 Å². The molecule has 3 heteroatoms. The Bertz CT molecular complexity index is 550. The maximum Gasteiger partial charge on any atom is 0.123 e. The fourth-order valence-corrected chi connectivity index (χ4v) is 1.87. The summed E-state index contributed by atoms with van der Waals surface area (Å²) < 4.78 is 18.6. The lowest BCUT2D eigenvalue weighted by molar-refractivity contribution is 0.00738. The molecule has 2 rings (SSSR count). The highest BCUT2D eigenvalue weighted by molar-refractivity contribution is 5.33. The minimum absolute atomic E-state index is 0.115. The standard InChI is InChI=1S/C16H17FO2/c1-12-10-14(17)8-9-15(12)19-11-16(2,18)13-6-4-3-5-7-13/h3-10,18H,11H2,1-2H3. The zero-order valence-electron chi connectivity index (χ0n) is 11.1. The van der Waals surface area contributed by atoms with Crippen molar-refractivity contribution in [2.75, 3.05) is 6.61 Å². The van der Waals surface area contributed by atoms with Gasteiger partial charge in [-0.3, -0.25) is 0 Å². The van der Waals surface area contributed by atoms with E-state index in [0.717, 1.165) is 5.56 Å². The molecule has 0 amide bonds. The Balaban J connectivity index is 2.09. The Morgan fingerprint density at radius 1 is 1.16 bits per heavy atom. The Kier molecular flexibility index (Phi) is 3.86. The minimum atomic E-state index is -1.08. The summed E-state index contributed by atoms with van der Waals surface area (Å²) in [6.07, 6.45) is 0. The smallest absolute Gasteiger partial charge is 0.123 e. The van der Waals surface area contributed by atoms with Gasteiger partial charge in [0, 0.05) is 0 Å². The number of halogens is 1. The summed E-state index contributed by atoms with van der Waals surface area (Å²) in [5.41, 5.74) is 0.417. The zero-order chi connectivity index (χ0) is 13.9. The van der Waals surface area contributed by atoms with Gasteiger partial charge in [0.15, 0.2) is 0 Å². The molecule has 2 aromatic rings. The highest BCUT2D eigenvalue weighted by Crippen LogP contribution is 2.24. The molecule has 0 saturated heterocycles. The molecule has 0 radical (unpaired) electrons. The normalized spacial score (nSPS) is 13.9. The van der Waals surface area contributed by atoms with Crippen molar-refractivity contribution in [3.8, 4) is 5.75 Å². The second-order valence-corrected chi connectivity index (χ2v) is 4.84. The van der Waals surface area contributed by atoms with Crippen LogP contribution >= 0.6 is 0 Å². The Hall–Kier alpha value is -1.87. The van der Waals surface area contributed by atoms with Crippen LogP contribution < -0.4 is 4.74 Å². The first-order chi connectivity index (χ1) is 8.99. The minimum Gasteiger partial charge on any atom is -0.490 e. The SMILES string of the molecule is Cc1cc(F)ccc1OCC(C)(O)c1ccccc1. The first kappa shape index (κ1) is 13.6. The van der Waals surface area contributed by atoms with Crippen LogP contribution in [-0.4, -0.2) is 11.7 Å². The summed E-state index contributed by atoms with van der Waals surface area (Å²) in [6.45, 7) is 3.58. The van der Waals surface area contributed by atoms with E-state index in [1.165, 1.54) is 12.1 Å². The lowest BCUT2D eigenvalue weighted by Crippen LogP contribution is -2.29. The number of benzene rings is 2. The second-order valence-electron chi connectivity index (χ2n) is 4.84. The largest absolute Gasteiger partial charge is 0.490 e. The summed E-state index contributed by atoms with van der Waals surface area (Å²) in [5, 5.41) is 10.4. The van der Waals surface area contributed by atoms with Crippen LogP contribution in [0.5, 0.6) is 5.75 Å². The molecule has 2 aromatic carbocycles. The number of rotatable bonds is 4. The molecule has 1 N–H and O–H groups in total. The molecule has 0 aromatic heterocycles. The van der Waals surface area contributed by atoms with E-state index in [1.54, 1.807) is 19.9 Å². The summed E-state index contributed by atoms with van der Waals surface area (Å²) in [7, 11) is 0. The van der Waals surface area contributed by atoms with E-state index in [0.29, 0.717) is 11.3 Å². The molecule has 0 aliphatic rings. The van der Waals surface area contributed by atoms with Gasteiger partial charge in [0.1, 0.15) is 23.8 Å². The van der Waals surface area contributed by atoms with Crippen LogP contribution in [0.3, 0.4) is 0 Å². The van der Waals surface area contributed by atoms with Gasteiger partial charge in [0.25, 0.3) is 0 Å². The summed E-state index contributed by atoms with van der Waals surface area (Å²) >= 11 is 0. The number of hydrogen-bond donors (Lipinski definition) is 1. The van der Waals surface area contributed by atoms with Crippen LogP contribution in [0.15, 0.2) is 48.5 Å². The van der Waals surface area contributed by atoms with Crippen molar-refractivity contribution in [3.63, 3.8) is 0 Å². The molecule has 0 aliphatic carbocycles. The summed E-state index contributed by atoms with van der Waals surface area (Å²) in [4.78, 5) is 0. The number of hydrogen-bond acceptors (Lipinski definition) is 2. The Morgan fingerprint density at radius 2 is 1.84 bits per heavy atom. The van der Waals surface area contributed by atoms with Crippen molar-refractivity contribution in [3.05, 3.63) is 65.5 Å². The molecule has 0 saturated carbocycles. The van der Waals surface area contributed by atoms with E-state index in [2.05, 4.69) is 0 Å². The summed E-state index contributed by atoms with van der Waals surface area (Å²) in [5.74, 6) is 0.289. The fourth-order valence-electron chi connectivity index (χ4n) is 1.87. The van der Waals surface area contributed by atoms with Crippen molar-refractivity contribution < 1.29 is 14.2 Å². The van der Waals surface area contributed by atoms with E-state index in [-0.39, 0.29) is 12.4 Å². The Labute approximate surface area is 112 Å². The average molecular weight is 260 g/mol. The van der Waals surface area contributed by atoms with E-state index in [4.69, 9.17) is 4.74 Å². The van der Waals surface area contributed by atoms with Crippen molar-refractivity contribution in [1.82, 2.24) is 0 Å². The molecule has 0 spiro atoms. The van der Waals surface area contributed by atoms with Gasteiger partial charge >= 0.3 is 0 Å². The molecule has 1 atom stereocenters. The third kappa shape index (κ3) is 3.32. The lowest BCUT2D eigenvalue weighted by atomic mass is 9.97. The molecular weight excluding hydrogens is 243 g/mol. The monoisotopic (exact) mass is 260 g/mol. The molecule has 1 unspecified atom stereocenters. The third-order valence-corrected chi connectivity index (χ3v) is 3.04. The van der Waals surface area contributed by atoms with Gasteiger partial charge in [-0.25, -0.2) is 4.39 Å². The van der Waals surface area contributed by atoms with Crippen LogP contribution in [0, 0.1) is 12.7 Å². The van der Waals surface area contributed by atoms with Crippen LogP contribution in [0.4, 0.5) is 4.39 Å². The fraction of sp³-hybridized carbons (Fsp3) is 0.250. The molecule has 0 fully saturated rings. The van der Waals surface area contributed by atoms with Crippen molar-refractivity contribution in [2.24, 2.45) is 0 Å². The number of aliphatic hydroxyl groups is 1. The molecule has 0 bridgehead atoms. The second kappa shape index (κ2) is 5.41. The van der Waals surface area contributed by atoms with Crippen LogP contribution in [0.2, 0.25) is 0 Å². The van der Waals surface area contributed by atoms with Gasteiger partial charge in [-0.05, 0) is 43.2 Å². The molecule has 100 valence electrons. The van der Waals surface area contributed by atoms with Crippen molar-refractivity contribution in [1.29, 1.82) is 0 Å². The first-order valence-electron chi connectivity index (χ1n) is 6.16. The molecule has 0 heterocycles. The van der Waals surface area contributed by atoms with Crippen LogP contribution in [0.25, 0.3) is 0 Å². The van der Waals surface area contributed by atoms with Gasteiger partial charge < -0.3 is 9.84 Å². The average Bonchev–Trinajstić information content (AvgIpc) is 2.39. The summed E-state index contributed by atoms with van der Waals surface area (Å²) in [6, 6.07) is 13.7. The van der Waals surface area contributed by atoms with Crippen LogP contribution in [-0.2, 0) is 5.60 Å². The van der Waals surface area contributed by atoms with Crippen molar-refractivity contribution in [2.45, 2.75) is 19.4 Å². The third-order valence-electron chi connectivity index (χ3n) is 3.04. The maximum absolute atomic E-state index is 13.0. The first-order valence-corrected chi connectivity index (χ1v) is 6.16. The Morgan fingerprint density at radius 3 is 2.47 bits per heavy atom. The van der Waals surface area contributed by atoms with Crippen molar-refractivity contribution >= 4 is 0 Å². The zero-order valence-corrected chi connectivity index (χ0v) is 11.1. The predicted molar refractivity (Wildman–Crippen MR) is 72.6 cm³/mol. The van der Waals surface area contributed by atoms with Crippen LogP contribution in [0.1, 0.15) is 18.1 Å². The van der Waals surface area contributed by atoms with E-state index >= 15 is 0 Å². The molecule has 2 nitrogen and oxygen atoms in total. The maximum atomic E-state index is 13.0. The highest BCUT2D eigenvalue weighted by Gasteiger charge is 2.24. The highest BCUT2D eigenvalue weighted by atomic mass is 19.1. The van der Waals surface area contributed by atoms with Gasteiger partial charge in [-0.1, -0.05) is 30.3 Å². The quantitative estimate of drug-likeness (QED) is 0.912. The van der Waals surface area contributed by atoms with Gasteiger partial charge in [0.2, 0.25) is 0 Å². The number of ether oxygens (including phenoxy) is 1. The molecule has 0 aliphatic heterocycles. The topological polar surface area (TPSA) is 29.5 Å². The lowest BCUT2D eigenvalue weighted by Gasteiger charge is -2.24.